The zero-order valence-corrected chi connectivity index (χ0v) is 10.6. The molecular weight excluding hydrogens is 244 g/mol. The van der Waals surface area contributed by atoms with Gasteiger partial charge < -0.3 is 5.11 Å². The zero-order chi connectivity index (χ0) is 10.8. The highest BCUT2D eigenvalue weighted by atomic mass is 79.9. The number of carbonyl (C=O) groups is 1. The van der Waals surface area contributed by atoms with Gasteiger partial charge in [-0.15, -0.1) is 0 Å². The van der Waals surface area contributed by atoms with Crippen LogP contribution in [0.4, 0.5) is 0 Å². The SMILES string of the molecule is CCCCCC(CCCCBr)C(=O)O. The van der Waals surface area contributed by atoms with Gasteiger partial charge in [0.15, 0.2) is 0 Å². The van der Waals surface area contributed by atoms with Gasteiger partial charge in [-0.05, 0) is 19.3 Å². The molecule has 0 aromatic carbocycles. The normalized spacial score (nSPS) is 12.7. The molecular formula is C11H21BrO2. The summed E-state index contributed by atoms with van der Waals surface area (Å²) in [7, 11) is 0. The van der Waals surface area contributed by atoms with Crippen molar-refractivity contribution in [3.63, 3.8) is 0 Å². The molecule has 84 valence electrons. The van der Waals surface area contributed by atoms with Crippen LogP contribution in [0.15, 0.2) is 0 Å². The first-order chi connectivity index (χ1) is 6.72. The van der Waals surface area contributed by atoms with Gasteiger partial charge in [0, 0.05) is 5.33 Å². The molecule has 0 bridgehead atoms. The molecule has 0 radical (unpaired) electrons. The summed E-state index contributed by atoms with van der Waals surface area (Å²) in [6.07, 6.45) is 7.17. The van der Waals surface area contributed by atoms with Crippen LogP contribution in [0.3, 0.4) is 0 Å². The van der Waals surface area contributed by atoms with Gasteiger partial charge in [-0.2, -0.15) is 0 Å². The number of carboxylic acid groups (broad SMARTS) is 1. The largest absolute Gasteiger partial charge is 0.481 e. The van der Waals surface area contributed by atoms with Crippen molar-refractivity contribution in [2.45, 2.75) is 51.9 Å². The van der Waals surface area contributed by atoms with Gasteiger partial charge in [0.25, 0.3) is 0 Å². The van der Waals surface area contributed by atoms with Crippen LogP contribution in [0.1, 0.15) is 51.9 Å². The minimum Gasteiger partial charge on any atom is -0.481 e. The van der Waals surface area contributed by atoms with Crippen LogP contribution in [0.5, 0.6) is 0 Å². The van der Waals surface area contributed by atoms with E-state index in [-0.39, 0.29) is 5.92 Å². The lowest BCUT2D eigenvalue weighted by atomic mass is 9.96. The Labute approximate surface area is 95.2 Å². The van der Waals surface area contributed by atoms with Crippen LogP contribution in [-0.4, -0.2) is 16.4 Å². The standard InChI is InChI=1S/C11H21BrO2/c1-2-3-4-7-10(11(13)14)8-5-6-9-12/h10H,2-9H2,1H3,(H,13,14). The molecule has 0 spiro atoms. The summed E-state index contributed by atoms with van der Waals surface area (Å²) in [5.41, 5.74) is 0. The van der Waals surface area contributed by atoms with Gasteiger partial charge in [0.1, 0.15) is 0 Å². The highest BCUT2D eigenvalue weighted by molar-refractivity contribution is 9.09. The predicted molar refractivity (Wildman–Crippen MR) is 62.9 cm³/mol. The number of alkyl halides is 1. The molecule has 0 amide bonds. The van der Waals surface area contributed by atoms with Crippen molar-refractivity contribution in [1.82, 2.24) is 0 Å². The van der Waals surface area contributed by atoms with Gasteiger partial charge >= 0.3 is 5.97 Å². The maximum atomic E-state index is 10.9. The van der Waals surface area contributed by atoms with Gasteiger partial charge in [-0.3, -0.25) is 4.79 Å². The number of carboxylic acids is 1. The van der Waals surface area contributed by atoms with Crippen molar-refractivity contribution in [3.05, 3.63) is 0 Å². The molecule has 14 heavy (non-hydrogen) atoms. The summed E-state index contributed by atoms with van der Waals surface area (Å²) in [5.74, 6) is -0.726. The molecule has 0 saturated heterocycles. The molecule has 1 unspecified atom stereocenters. The molecule has 3 heteroatoms. The molecule has 0 heterocycles. The number of halogens is 1. The van der Waals surface area contributed by atoms with Crippen LogP contribution in [0.2, 0.25) is 0 Å². The fourth-order valence-corrected chi connectivity index (χ4v) is 1.91. The van der Waals surface area contributed by atoms with Crippen molar-refractivity contribution < 1.29 is 9.90 Å². The minimum absolute atomic E-state index is 0.111. The number of hydrogen-bond acceptors (Lipinski definition) is 1. The first kappa shape index (κ1) is 13.9. The van der Waals surface area contributed by atoms with E-state index in [0.29, 0.717) is 0 Å². The fraction of sp³-hybridized carbons (Fsp3) is 0.909. The Morgan fingerprint density at radius 1 is 1.21 bits per heavy atom. The van der Waals surface area contributed by atoms with Gasteiger partial charge in [0.05, 0.1) is 5.92 Å². The number of hydrogen-bond donors (Lipinski definition) is 1. The lowest BCUT2D eigenvalue weighted by Gasteiger charge is -2.10. The van der Waals surface area contributed by atoms with E-state index in [0.717, 1.165) is 50.3 Å². The quantitative estimate of drug-likeness (QED) is 0.508. The molecule has 1 N–H and O–H groups in total. The summed E-state index contributed by atoms with van der Waals surface area (Å²) >= 11 is 3.35. The third kappa shape index (κ3) is 7.36. The van der Waals surface area contributed by atoms with Crippen LogP contribution < -0.4 is 0 Å². The summed E-state index contributed by atoms with van der Waals surface area (Å²) < 4.78 is 0. The Morgan fingerprint density at radius 2 is 1.79 bits per heavy atom. The van der Waals surface area contributed by atoms with Crippen LogP contribution >= 0.6 is 15.9 Å². The van der Waals surface area contributed by atoms with E-state index in [1.54, 1.807) is 0 Å². The lowest BCUT2D eigenvalue weighted by molar-refractivity contribution is -0.142. The fourth-order valence-electron chi connectivity index (χ4n) is 1.52. The Kier molecular flexibility index (Phi) is 9.47. The molecule has 0 aliphatic carbocycles. The molecule has 0 aliphatic rings. The third-order valence-electron chi connectivity index (χ3n) is 2.44. The monoisotopic (exact) mass is 264 g/mol. The van der Waals surface area contributed by atoms with Crippen molar-refractivity contribution in [2.24, 2.45) is 5.92 Å². The predicted octanol–water partition coefficient (Wildman–Crippen LogP) is 3.83. The van der Waals surface area contributed by atoms with Crippen molar-refractivity contribution in [3.8, 4) is 0 Å². The second kappa shape index (κ2) is 9.50. The molecule has 0 aliphatic heterocycles. The summed E-state index contributed by atoms with van der Waals surface area (Å²) in [4.78, 5) is 10.9. The lowest BCUT2D eigenvalue weighted by Crippen LogP contribution is -2.13. The maximum Gasteiger partial charge on any atom is 0.306 e. The van der Waals surface area contributed by atoms with E-state index in [9.17, 15) is 4.79 Å². The molecule has 0 aromatic heterocycles. The van der Waals surface area contributed by atoms with E-state index in [1.807, 2.05) is 0 Å². The van der Waals surface area contributed by atoms with Crippen LogP contribution in [0.25, 0.3) is 0 Å². The summed E-state index contributed by atoms with van der Waals surface area (Å²) in [5, 5.41) is 9.94. The molecule has 0 rings (SSSR count). The van der Waals surface area contributed by atoms with E-state index in [1.165, 1.54) is 0 Å². The minimum atomic E-state index is -0.615. The first-order valence-electron chi connectivity index (χ1n) is 5.51. The Balaban J connectivity index is 3.61. The Hall–Kier alpha value is -0.0500. The molecule has 0 aromatic rings. The zero-order valence-electron chi connectivity index (χ0n) is 8.97. The second-order valence-corrected chi connectivity index (χ2v) is 4.51. The molecule has 0 saturated carbocycles. The smallest absolute Gasteiger partial charge is 0.306 e. The third-order valence-corrected chi connectivity index (χ3v) is 3.00. The summed E-state index contributed by atoms with van der Waals surface area (Å²) in [6, 6.07) is 0. The first-order valence-corrected chi connectivity index (χ1v) is 6.63. The number of rotatable bonds is 9. The van der Waals surface area contributed by atoms with E-state index < -0.39 is 5.97 Å². The van der Waals surface area contributed by atoms with Crippen LogP contribution in [0, 0.1) is 5.92 Å². The average Bonchev–Trinajstić information content (AvgIpc) is 2.15. The highest BCUT2D eigenvalue weighted by Crippen LogP contribution is 2.17. The van der Waals surface area contributed by atoms with Gasteiger partial charge in [0.2, 0.25) is 0 Å². The van der Waals surface area contributed by atoms with Crippen molar-refractivity contribution in [1.29, 1.82) is 0 Å². The van der Waals surface area contributed by atoms with Gasteiger partial charge in [-0.25, -0.2) is 0 Å². The number of aliphatic carboxylic acids is 1. The van der Waals surface area contributed by atoms with E-state index in [4.69, 9.17) is 5.11 Å². The van der Waals surface area contributed by atoms with E-state index >= 15 is 0 Å². The average molecular weight is 265 g/mol. The van der Waals surface area contributed by atoms with Crippen molar-refractivity contribution >= 4 is 21.9 Å². The second-order valence-electron chi connectivity index (χ2n) is 3.72. The van der Waals surface area contributed by atoms with Gasteiger partial charge in [-0.1, -0.05) is 48.5 Å². The highest BCUT2D eigenvalue weighted by Gasteiger charge is 2.15. The maximum absolute atomic E-state index is 10.9. The topological polar surface area (TPSA) is 37.3 Å². The Bertz CT molecular complexity index is 138. The molecule has 0 fully saturated rings. The molecule has 1 atom stereocenters. The summed E-state index contributed by atoms with van der Waals surface area (Å²) in [6.45, 7) is 2.14. The van der Waals surface area contributed by atoms with Crippen molar-refractivity contribution in [2.75, 3.05) is 5.33 Å². The molecule has 2 nitrogen and oxygen atoms in total. The van der Waals surface area contributed by atoms with Crippen LogP contribution in [-0.2, 0) is 4.79 Å². The Morgan fingerprint density at radius 3 is 2.21 bits per heavy atom. The van der Waals surface area contributed by atoms with E-state index in [2.05, 4.69) is 22.9 Å². The number of unbranched alkanes of at least 4 members (excludes halogenated alkanes) is 3.